The summed E-state index contributed by atoms with van der Waals surface area (Å²) in [6.45, 7) is 3.68. The molecule has 0 bridgehead atoms. The lowest BCUT2D eigenvalue weighted by atomic mass is 9.51. The van der Waals surface area contributed by atoms with Crippen LogP contribution in [-0.2, 0) is 26.2 Å². The number of anilines is 2. The number of rotatable bonds is 4. The number of allylic oxidation sites excluding steroid dienone is 2. The number of phenolic OH excluding ortho intramolecular Hbond substituents is 1. The molecule has 6 atom stereocenters. The van der Waals surface area contributed by atoms with Crippen LogP contribution in [-0.4, -0.2) is 38.5 Å². The molecule has 262 valence electrons. The van der Waals surface area contributed by atoms with E-state index in [1.54, 1.807) is 56.4 Å². The van der Waals surface area contributed by atoms with Gasteiger partial charge in [-0.05, 0) is 80.0 Å². The van der Waals surface area contributed by atoms with Crippen LogP contribution < -0.4 is 9.80 Å². The van der Waals surface area contributed by atoms with Gasteiger partial charge in [-0.1, -0.05) is 53.6 Å². The minimum absolute atomic E-state index is 0.125. The van der Waals surface area contributed by atoms with E-state index in [-0.39, 0.29) is 36.0 Å². The van der Waals surface area contributed by atoms with E-state index in [4.69, 9.17) is 16.7 Å². The van der Waals surface area contributed by atoms with Gasteiger partial charge >= 0.3 is 0 Å². The molecule has 1 saturated carbocycles. The van der Waals surface area contributed by atoms with Crippen molar-refractivity contribution < 1.29 is 28.7 Å². The zero-order valence-electron chi connectivity index (χ0n) is 28.3. The molecule has 4 aliphatic rings. The molecule has 2 saturated heterocycles. The van der Waals surface area contributed by atoms with Crippen molar-refractivity contribution in [3.05, 3.63) is 106 Å². The van der Waals surface area contributed by atoms with Crippen LogP contribution in [0.15, 0.2) is 84.4 Å². The molecule has 1 N–H and O–H groups in total. The third kappa shape index (κ3) is 4.35. The molecule has 3 fully saturated rings. The van der Waals surface area contributed by atoms with Crippen molar-refractivity contribution in [2.24, 2.45) is 36.1 Å². The Morgan fingerprint density at radius 2 is 1.71 bits per heavy atom. The molecular weight excluding hydrogens is 703 g/mol. The normalized spacial score (nSPS) is 26.9. The summed E-state index contributed by atoms with van der Waals surface area (Å²) in [4.78, 5) is 61.1. The van der Waals surface area contributed by atoms with Gasteiger partial charge in [-0.2, -0.15) is 5.10 Å². The van der Waals surface area contributed by atoms with Crippen molar-refractivity contribution in [3.8, 4) is 16.3 Å². The predicted molar refractivity (Wildman–Crippen MR) is 195 cm³/mol. The molecule has 5 aromatic rings. The fourth-order valence-corrected chi connectivity index (χ4v) is 10.7. The van der Waals surface area contributed by atoms with Crippen LogP contribution in [0.2, 0.25) is 5.02 Å². The third-order valence-electron chi connectivity index (χ3n) is 11.8. The Kier molecular flexibility index (Phi) is 7.20. The molecule has 52 heavy (non-hydrogen) atoms. The van der Waals surface area contributed by atoms with E-state index in [1.807, 2.05) is 31.2 Å². The maximum absolute atomic E-state index is 15.1. The Labute approximate surface area is 306 Å². The predicted octanol–water partition coefficient (Wildman–Crippen LogP) is 7.54. The van der Waals surface area contributed by atoms with E-state index in [0.29, 0.717) is 22.0 Å². The quantitative estimate of drug-likeness (QED) is 0.151. The second-order valence-corrected chi connectivity index (χ2v) is 15.9. The number of fused-ring (bicyclic) bond motifs is 5. The number of hydrogen-bond acceptors (Lipinski definition) is 7. The van der Waals surface area contributed by atoms with Crippen molar-refractivity contribution >= 4 is 68.2 Å². The minimum Gasteiger partial charge on any atom is -0.505 e. The Balaban J connectivity index is 1.17. The van der Waals surface area contributed by atoms with E-state index < -0.39 is 58.4 Å². The highest BCUT2D eigenvalue weighted by atomic mass is 35.5. The number of amides is 4. The van der Waals surface area contributed by atoms with Gasteiger partial charge in [0.05, 0.1) is 33.7 Å². The van der Waals surface area contributed by atoms with E-state index in [2.05, 4.69) is 0 Å². The Bertz CT molecular complexity index is 2440. The summed E-state index contributed by atoms with van der Waals surface area (Å²) in [7, 11) is 1.67. The summed E-state index contributed by atoms with van der Waals surface area (Å²) in [5.74, 6) is -6.82. The standard InChI is InChI=1S/C40H32ClFN4O5S/c1-19-25-16-20(41)12-15-30(25)52-35(19)29-18-31(44(3)43-29)46-37(49)27-17-26-22(33(40(27,2)39(46)51)24-10-7-11-28(42)34(24)47)13-14-23-32(26)38(50)45(36(23)48)21-8-5-4-6-9-21/h4-13,15-16,18,23,26-27,32-33,47H,14,17H2,1-3H3/t23-,26+,27-,32-,33+,40+/m0/s1. The van der Waals surface area contributed by atoms with Gasteiger partial charge in [-0.25, -0.2) is 9.29 Å². The van der Waals surface area contributed by atoms with Crippen molar-refractivity contribution in [1.82, 2.24) is 9.78 Å². The van der Waals surface area contributed by atoms with Crippen LogP contribution in [0.1, 0.15) is 36.8 Å². The van der Waals surface area contributed by atoms with Crippen LogP contribution in [0.4, 0.5) is 15.9 Å². The number of carbonyl (C=O) groups is 4. The SMILES string of the molecule is Cc1c(-c2cc(N3C(=O)[C@@H]4C[C@@H]5C(=CC[C@@H]6C(=O)N(c7ccccc7)C(=O)[C@@H]65)[C@H](c5cccc(F)c5O)[C@]4(C)C3=O)n(C)n2)sc2ccc(Cl)cc12. The number of phenols is 1. The molecule has 9 rings (SSSR count). The van der Waals surface area contributed by atoms with Gasteiger partial charge < -0.3 is 5.11 Å². The van der Waals surface area contributed by atoms with Gasteiger partial charge in [0.25, 0.3) is 0 Å². The lowest BCUT2D eigenvalue weighted by Crippen LogP contribution is -2.49. The number of aryl methyl sites for hydroxylation is 2. The number of hydrogen-bond donors (Lipinski definition) is 1. The molecule has 3 aromatic carbocycles. The number of halogens is 2. The second kappa shape index (κ2) is 11.4. The van der Waals surface area contributed by atoms with E-state index in [9.17, 15) is 24.3 Å². The lowest BCUT2D eigenvalue weighted by molar-refractivity contribution is -0.131. The molecule has 0 radical (unpaired) electrons. The highest BCUT2D eigenvalue weighted by Gasteiger charge is 2.68. The maximum Gasteiger partial charge on any atom is 0.242 e. The average Bonchev–Trinajstić information content (AvgIpc) is 3.80. The molecule has 2 aliphatic carbocycles. The number of nitrogens with zero attached hydrogens (tertiary/aromatic N) is 4. The number of benzene rings is 3. The number of aromatic hydroxyl groups is 1. The molecule has 0 spiro atoms. The molecule has 4 amide bonds. The number of carbonyl (C=O) groups excluding carboxylic acids is 4. The van der Waals surface area contributed by atoms with Gasteiger partial charge in [0.15, 0.2) is 11.6 Å². The van der Waals surface area contributed by atoms with Gasteiger partial charge in [0.2, 0.25) is 23.6 Å². The summed E-state index contributed by atoms with van der Waals surface area (Å²) >= 11 is 7.83. The van der Waals surface area contributed by atoms with Crippen molar-refractivity contribution in [3.63, 3.8) is 0 Å². The van der Waals surface area contributed by atoms with E-state index >= 15 is 4.39 Å². The smallest absolute Gasteiger partial charge is 0.242 e. The fourth-order valence-electron chi connectivity index (χ4n) is 9.39. The Hall–Kier alpha value is -5.13. The van der Waals surface area contributed by atoms with Gasteiger partial charge in [-0.3, -0.25) is 28.8 Å². The minimum atomic E-state index is -1.46. The third-order valence-corrected chi connectivity index (χ3v) is 13.4. The molecule has 4 heterocycles. The largest absolute Gasteiger partial charge is 0.505 e. The van der Waals surface area contributed by atoms with Crippen molar-refractivity contribution in [1.29, 1.82) is 0 Å². The number of thiophene rings is 1. The summed E-state index contributed by atoms with van der Waals surface area (Å²) < 4.78 is 17.6. The Morgan fingerprint density at radius 3 is 2.48 bits per heavy atom. The van der Waals surface area contributed by atoms with E-state index in [0.717, 1.165) is 31.5 Å². The molecular formula is C40H32ClFN4O5S. The fraction of sp³-hybridized carbons (Fsp3) is 0.275. The molecule has 9 nitrogen and oxygen atoms in total. The molecule has 2 aromatic heterocycles. The van der Waals surface area contributed by atoms with Gasteiger partial charge in [0, 0.05) is 34.3 Å². The monoisotopic (exact) mass is 734 g/mol. The van der Waals surface area contributed by atoms with Gasteiger partial charge in [-0.15, -0.1) is 11.3 Å². The average molecular weight is 735 g/mol. The van der Waals surface area contributed by atoms with Crippen LogP contribution in [0.5, 0.6) is 5.75 Å². The van der Waals surface area contributed by atoms with Crippen molar-refractivity contribution in [2.75, 3.05) is 9.80 Å². The first kappa shape index (κ1) is 32.8. The number of para-hydroxylation sites is 2. The summed E-state index contributed by atoms with van der Waals surface area (Å²) in [6, 6.07) is 20.3. The van der Waals surface area contributed by atoms with Crippen LogP contribution in [0.3, 0.4) is 0 Å². The Morgan fingerprint density at radius 1 is 0.942 bits per heavy atom. The van der Waals surface area contributed by atoms with Crippen molar-refractivity contribution in [2.45, 2.75) is 32.6 Å². The zero-order valence-corrected chi connectivity index (χ0v) is 29.9. The molecule has 12 heteroatoms. The summed E-state index contributed by atoms with van der Waals surface area (Å²) in [5.41, 5.74) is 1.38. The first-order chi connectivity index (χ1) is 24.9. The second-order valence-electron chi connectivity index (χ2n) is 14.4. The van der Waals surface area contributed by atoms with Crippen LogP contribution in [0.25, 0.3) is 20.7 Å². The summed E-state index contributed by atoms with van der Waals surface area (Å²) in [5, 5.41) is 17.5. The lowest BCUT2D eigenvalue weighted by Gasteiger charge is -2.49. The first-order valence-electron chi connectivity index (χ1n) is 17.1. The molecule has 2 aliphatic heterocycles. The topological polar surface area (TPSA) is 113 Å². The number of imide groups is 2. The summed E-state index contributed by atoms with van der Waals surface area (Å²) in [6.07, 6.45) is 2.23. The highest BCUT2D eigenvalue weighted by Crippen LogP contribution is 2.64. The van der Waals surface area contributed by atoms with Crippen LogP contribution in [0, 0.1) is 41.8 Å². The first-order valence-corrected chi connectivity index (χ1v) is 18.3. The highest BCUT2D eigenvalue weighted by molar-refractivity contribution is 7.22. The number of aromatic nitrogens is 2. The van der Waals surface area contributed by atoms with E-state index in [1.165, 1.54) is 27.0 Å². The maximum atomic E-state index is 15.1. The molecule has 0 unspecified atom stereocenters. The zero-order chi connectivity index (χ0) is 36.4. The van der Waals surface area contributed by atoms with Crippen LogP contribution >= 0.6 is 22.9 Å². The van der Waals surface area contributed by atoms with Gasteiger partial charge in [0.1, 0.15) is 11.5 Å².